The summed E-state index contributed by atoms with van der Waals surface area (Å²) >= 11 is 0. The number of hydrogen-bond donors (Lipinski definition) is 1. The number of rotatable bonds is 5. The van der Waals surface area contributed by atoms with Crippen LogP contribution in [0.5, 0.6) is 0 Å². The number of nitrogens with one attached hydrogen (secondary N) is 1. The van der Waals surface area contributed by atoms with Crippen molar-refractivity contribution in [3.63, 3.8) is 0 Å². The molecule has 2 saturated heterocycles. The van der Waals surface area contributed by atoms with Crippen LogP contribution in [0.4, 0.5) is 0 Å². The molecule has 2 rings (SSSR count). The Labute approximate surface area is 124 Å². The summed E-state index contributed by atoms with van der Waals surface area (Å²) in [5, 5.41) is 3.41. The van der Waals surface area contributed by atoms with Gasteiger partial charge in [0.25, 0.3) is 0 Å². The fourth-order valence-electron chi connectivity index (χ4n) is 3.92. The van der Waals surface area contributed by atoms with Crippen molar-refractivity contribution in [2.45, 2.75) is 58.8 Å². The van der Waals surface area contributed by atoms with Gasteiger partial charge in [0.2, 0.25) is 5.91 Å². The van der Waals surface area contributed by atoms with Crippen LogP contribution in [0.2, 0.25) is 0 Å². The molecule has 20 heavy (non-hydrogen) atoms. The van der Waals surface area contributed by atoms with Gasteiger partial charge < -0.3 is 10.2 Å². The summed E-state index contributed by atoms with van der Waals surface area (Å²) in [4.78, 5) is 14.7. The first-order valence-corrected chi connectivity index (χ1v) is 8.69. The lowest BCUT2D eigenvalue weighted by Gasteiger charge is -2.35. The molecule has 3 nitrogen and oxygen atoms in total. The molecular formula is C17H32N2O. The lowest BCUT2D eigenvalue weighted by atomic mass is 9.83. The second-order valence-corrected chi connectivity index (χ2v) is 6.91. The van der Waals surface area contributed by atoms with E-state index in [-0.39, 0.29) is 0 Å². The van der Waals surface area contributed by atoms with E-state index in [0.29, 0.717) is 11.8 Å². The first kappa shape index (κ1) is 15.8. The van der Waals surface area contributed by atoms with E-state index in [1.54, 1.807) is 0 Å². The van der Waals surface area contributed by atoms with Gasteiger partial charge in [-0.25, -0.2) is 0 Å². The Morgan fingerprint density at radius 3 is 2.75 bits per heavy atom. The predicted octanol–water partition coefficient (Wildman–Crippen LogP) is 3.05. The molecular weight excluding hydrogens is 248 g/mol. The summed E-state index contributed by atoms with van der Waals surface area (Å²) in [6.45, 7) is 8.81. The van der Waals surface area contributed by atoms with Crippen molar-refractivity contribution >= 4 is 5.91 Å². The lowest BCUT2D eigenvalue weighted by molar-refractivity contribution is -0.134. The Bertz CT molecular complexity index is 297. The molecule has 0 radical (unpaired) electrons. The Balaban J connectivity index is 1.78. The Hall–Kier alpha value is -0.570. The van der Waals surface area contributed by atoms with Crippen LogP contribution < -0.4 is 5.32 Å². The zero-order valence-electron chi connectivity index (χ0n) is 13.4. The SMILES string of the molecule is CCCC1CCCN(C(=O)CC(C)C2CCNCC2)C1. The van der Waals surface area contributed by atoms with Gasteiger partial charge in [0.05, 0.1) is 0 Å². The summed E-state index contributed by atoms with van der Waals surface area (Å²) in [6, 6.07) is 0. The average Bonchev–Trinajstić information content (AvgIpc) is 2.48. The monoisotopic (exact) mass is 280 g/mol. The van der Waals surface area contributed by atoms with Gasteiger partial charge in [0.15, 0.2) is 0 Å². The normalized spacial score (nSPS) is 26.5. The standard InChI is InChI=1S/C17H32N2O/c1-3-5-15-6-4-11-19(13-15)17(20)12-14(2)16-7-9-18-10-8-16/h14-16,18H,3-13H2,1-2H3. The first-order chi connectivity index (χ1) is 9.70. The van der Waals surface area contributed by atoms with Crippen molar-refractivity contribution in [1.29, 1.82) is 0 Å². The maximum absolute atomic E-state index is 12.5. The molecule has 0 aromatic rings. The zero-order chi connectivity index (χ0) is 14.4. The van der Waals surface area contributed by atoms with E-state index in [9.17, 15) is 4.79 Å². The van der Waals surface area contributed by atoms with E-state index in [1.807, 2.05) is 0 Å². The molecule has 0 bridgehead atoms. The molecule has 2 aliphatic heterocycles. The van der Waals surface area contributed by atoms with Gasteiger partial charge in [-0.15, -0.1) is 0 Å². The number of likely N-dealkylation sites (tertiary alicyclic amines) is 1. The highest BCUT2D eigenvalue weighted by Gasteiger charge is 2.27. The Morgan fingerprint density at radius 2 is 2.05 bits per heavy atom. The fourth-order valence-corrected chi connectivity index (χ4v) is 3.92. The van der Waals surface area contributed by atoms with E-state index in [0.717, 1.165) is 44.4 Å². The minimum Gasteiger partial charge on any atom is -0.342 e. The van der Waals surface area contributed by atoms with Gasteiger partial charge in [-0.1, -0.05) is 20.3 Å². The van der Waals surface area contributed by atoms with Gasteiger partial charge in [-0.3, -0.25) is 4.79 Å². The second kappa shape index (κ2) is 8.02. The van der Waals surface area contributed by atoms with Crippen LogP contribution in [0, 0.1) is 17.8 Å². The Kier molecular flexibility index (Phi) is 6.34. The first-order valence-electron chi connectivity index (χ1n) is 8.69. The van der Waals surface area contributed by atoms with Crippen molar-refractivity contribution in [3.05, 3.63) is 0 Å². The van der Waals surface area contributed by atoms with Crippen LogP contribution in [-0.2, 0) is 4.79 Å². The quantitative estimate of drug-likeness (QED) is 0.839. The van der Waals surface area contributed by atoms with Gasteiger partial charge in [-0.05, 0) is 62.9 Å². The molecule has 0 aromatic carbocycles. The van der Waals surface area contributed by atoms with Gasteiger partial charge in [-0.2, -0.15) is 0 Å². The van der Waals surface area contributed by atoms with Crippen LogP contribution >= 0.6 is 0 Å². The third kappa shape index (κ3) is 4.47. The van der Waals surface area contributed by atoms with Crippen molar-refractivity contribution in [2.24, 2.45) is 17.8 Å². The van der Waals surface area contributed by atoms with Crippen molar-refractivity contribution in [1.82, 2.24) is 10.2 Å². The maximum Gasteiger partial charge on any atom is 0.222 e. The minimum absolute atomic E-state index is 0.414. The molecule has 0 spiro atoms. The van der Waals surface area contributed by atoms with E-state index >= 15 is 0 Å². The summed E-state index contributed by atoms with van der Waals surface area (Å²) in [7, 11) is 0. The molecule has 116 valence electrons. The number of amides is 1. The van der Waals surface area contributed by atoms with Crippen LogP contribution in [0.3, 0.4) is 0 Å². The Morgan fingerprint density at radius 1 is 1.30 bits per heavy atom. The third-order valence-corrected chi connectivity index (χ3v) is 5.25. The summed E-state index contributed by atoms with van der Waals surface area (Å²) < 4.78 is 0. The van der Waals surface area contributed by atoms with Crippen LogP contribution in [-0.4, -0.2) is 37.0 Å². The van der Waals surface area contributed by atoms with E-state index in [1.165, 1.54) is 38.5 Å². The van der Waals surface area contributed by atoms with E-state index < -0.39 is 0 Å². The number of hydrogen-bond acceptors (Lipinski definition) is 2. The molecule has 2 fully saturated rings. The zero-order valence-corrected chi connectivity index (χ0v) is 13.4. The molecule has 2 aliphatic rings. The molecule has 2 heterocycles. The second-order valence-electron chi connectivity index (χ2n) is 6.91. The van der Waals surface area contributed by atoms with Gasteiger partial charge >= 0.3 is 0 Å². The topological polar surface area (TPSA) is 32.3 Å². The van der Waals surface area contributed by atoms with Crippen LogP contribution in [0.25, 0.3) is 0 Å². The molecule has 2 unspecified atom stereocenters. The molecule has 0 saturated carbocycles. The van der Waals surface area contributed by atoms with E-state index in [4.69, 9.17) is 0 Å². The lowest BCUT2D eigenvalue weighted by Crippen LogP contribution is -2.41. The van der Waals surface area contributed by atoms with Gasteiger partial charge in [0.1, 0.15) is 0 Å². The highest BCUT2D eigenvalue weighted by molar-refractivity contribution is 5.76. The summed E-state index contributed by atoms with van der Waals surface area (Å²) in [5.41, 5.74) is 0. The predicted molar refractivity (Wildman–Crippen MR) is 83.6 cm³/mol. The third-order valence-electron chi connectivity index (χ3n) is 5.25. The minimum atomic E-state index is 0.414. The highest BCUT2D eigenvalue weighted by atomic mass is 16.2. The maximum atomic E-state index is 12.5. The van der Waals surface area contributed by atoms with Crippen molar-refractivity contribution < 1.29 is 4.79 Å². The number of piperidine rings is 2. The summed E-state index contributed by atoms with van der Waals surface area (Å²) in [6.07, 6.45) is 8.31. The van der Waals surface area contributed by atoms with Gasteiger partial charge in [0, 0.05) is 19.5 Å². The summed E-state index contributed by atoms with van der Waals surface area (Å²) in [5.74, 6) is 2.47. The molecule has 0 aromatic heterocycles. The largest absolute Gasteiger partial charge is 0.342 e. The van der Waals surface area contributed by atoms with Crippen molar-refractivity contribution in [2.75, 3.05) is 26.2 Å². The number of carbonyl (C=O) groups is 1. The van der Waals surface area contributed by atoms with Crippen LogP contribution in [0.15, 0.2) is 0 Å². The molecule has 1 N–H and O–H groups in total. The fraction of sp³-hybridized carbons (Fsp3) is 0.941. The van der Waals surface area contributed by atoms with Crippen LogP contribution in [0.1, 0.15) is 58.8 Å². The molecule has 2 atom stereocenters. The molecule has 1 amide bonds. The number of carbonyl (C=O) groups excluding carboxylic acids is 1. The smallest absolute Gasteiger partial charge is 0.222 e. The highest BCUT2D eigenvalue weighted by Crippen LogP contribution is 2.27. The molecule has 0 aliphatic carbocycles. The average molecular weight is 280 g/mol. The molecule has 3 heteroatoms. The van der Waals surface area contributed by atoms with Crippen molar-refractivity contribution in [3.8, 4) is 0 Å². The van der Waals surface area contributed by atoms with E-state index in [2.05, 4.69) is 24.1 Å². The number of nitrogens with zero attached hydrogens (tertiary/aromatic N) is 1.